The molecule has 1 saturated heterocycles. The van der Waals surface area contributed by atoms with Crippen LogP contribution in [0.15, 0.2) is 41.8 Å². The van der Waals surface area contributed by atoms with Gasteiger partial charge in [0, 0.05) is 30.4 Å². The predicted octanol–water partition coefficient (Wildman–Crippen LogP) is 3.90. The largest absolute Gasteiger partial charge is 0.369 e. The molecule has 2 amide bonds. The number of anilines is 3. The number of carbonyl (C=O) groups excluding carboxylic acids is 2. The second-order valence-electron chi connectivity index (χ2n) is 9.43. The Hall–Kier alpha value is -3.53. The molecule has 2 fully saturated rings. The van der Waals surface area contributed by atoms with Gasteiger partial charge in [-0.15, -0.1) is 11.3 Å². The van der Waals surface area contributed by atoms with Crippen LogP contribution in [0.25, 0.3) is 10.2 Å². The van der Waals surface area contributed by atoms with Gasteiger partial charge in [-0.25, -0.2) is 9.37 Å². The first-order valence-electron chi connectivity index (χ1n) is 11.8. The highest BCUT2D eigenvalue weighted by atomic mass is 32.1. The number of benzene rings is 1. The van der Waals surface area contributed by atoms with Crippen LogP contribution in [0.1, 0.15) is 29.6 Å². The zero-order valence-corrected chi connectivity index (χ0v) is 19.7. The molecule has 1 aromatic carbocycles. The van der Waals surface area contributed by atoms with Crippen LogP contribution >= 0.6 is 11.3 Å². The summed E-state index contributed by atoms with van der Waals surface area (Å²) in [4.78, 5) is 35.9. The Kier molecular flexibility index (Phi) is 5.40. The van der Waals surface area contributed by atoms with Gasteiger partial charge in [-0.05, 0) is 60.7 Å². The molecule has 0 spiro atoms. The van der Waals surface area contributed by atoms with Crippen LogP contribution in [0.4, 0.5) is 21.8 Å². The molecule has 3 heterocycles. The van der Waals surface area contributed by atoms with E-state index in [4.69, 9.17) is 5.73 Å². The number of nitrogens with zero attached hydrogens (tertiary/aromatic N) is 3. The van der Waals surface area contributed by atoms with Gasteiger partial charge in [0.1, 0.15) is 11.6 Å². The number of likely N-dealkylation sites (tertiary alicyclic amines) is 1. The molecule has 4 atom stereocenters. The fourth-order valence-corrected chi connectivity index (χ4v) is 6.38. The van der Waals surface area contributed by atoms with E-state index in [2.05, 4.69) is 32.8 Å². The van der Waals surface area contributed by atoms with Crippen LogP contribution < -0.4 is 16.4 Å². The summed E-state index contributed by atoms with van der Waals surface area (Å²) in [6.45, 7) is 1.38. The van der Waals surface area contributed by atoms with Crippen molar-refractivity contribution in [1.82, 2.24) is 14.9 Å². The van der Waals surface area contributed by atoms with E-state index < -0.39 is 5.82 Å². The van der Waals surface area contributed by atoms with Crippen molar-refractivity contribution in [3.8, 4) is 0 Å². The standard InChI is InChI=1S/C25H25FN6O2S/c26-16-10-15(24(34)32-6-1-2-7-32)11-17(12-16)28-25-29-18-5-8-35-21(18)23(31-25)30-20-14-4-3-13(9-14)19(20)22(27)33/h3-5,8,10-14,19-20H,1-2,6-7,9H2,(H2,27,33)(H2,28,29,30,31)/t13-,14+,19+,20-/m1/s1. The Labute approximate surface area is 205 Å². The summed E-state index contributed by atoms with van der Waals surface area (Å²) in [5.41, 5.74) is 7.15. The molecule has 180 valence electrons. The van der Waals surface area contributed by atoms with Crippen molar-refractivity contribution in [2.45, 2.75) is 25.3 Å². The molecular weight excluding hydrogens is 467 g/mol. The minimum Gasteiger partial charge on any atom is -0.369 e. The summed E-state index contributed by atoms with van der Waals surface area (Å²) < 4.78 is 15.3. The minimum absolute atomic E-state index is 0.144. The fraction of sp³-hybridized carbons (Fsp3) is 0.360. The molecule has 2 aromatic heterocycles. The Bertz CT molecular complexity index is 1350. The summed E-state index contributed by atoms with van der Waals surface area (Å²) >= 11 is 1.51. The molecule has 0 unspecified atom stereocenters. The average molecular weight is 493 g/mol. The van der Waals surface area contributed by atoms with Gasteiger partial charge in [0.15, 0.2) is 0 Å². The molecule has 1 aliphatic heterocycles. The Morgan fingerprint density at radius 1 is 1.11 bits per heavy atom. The molecule has 2 aliphatic carbocycles. The predicted molar refractivity (Wildman–Crippen MR) is 133 cm³/mol. The topological polar surface area (TPSA) is 113 Å². The zero-order chi connectivity index (χ0) is 24.1. The summed E-state index contributed by atoms with van der Waals surface area (Å²) in [6, 6.07) is 5.95. The molecule has 4 N–H and O–H groups in total. The number of nitrogens with two attached hydrogens (primary N) is 1. The van der Waals surface area contributed by atoms with Gasteiger partial charge in [-0.3, -0.25) is 9.59 Å². The second-order valence-corrected chi connectivity index (χ2v) is 10.3. The number of carbonyl (C=O) groups is 2. The lowest BCUT2D eigenvalue weighted by Crippen LogP contribution is -2.41. The van der Waals surface area contributed by atoms with Gasteiger partial charge in [-0.1, -0.05) is 12.2 Å². The lowest BCUT2D eigenvalue weighted by molar-refractivity contribution is -0.122. The SMILES string of the molecule is NC(=O)[C@@H]1[C@H](Nc2nc(Nc3cc(F)cc(C(=O)N4CCCC4)c3)nc3ccsc23)[C@H]2C=C[C@@H]1C2. The van der Waals surface area contributed by atoms with Gasteiger partial charge in [0.2, 0.25) is 11.9 Å². The van der Waals surface area contributed by atoms with Crippen molar-refractivity contribution in [2.24, 2.45) is 23.5 Å². The van der Waals surface area contributed by atoms with E-state index in [0.717, 1.165) is 29.5 Å². The Morgan fingerprint density at radius 3 is 2.71 bits per heavy atom. The number of hydrogen-bond acceptors (Lipinski definition) is 7. The first-order chi connectivity index (χ1) is 17.0. The number of thiophene rings is 1. The Morgan fingerprint density at radius 2 is 1.91 bits per heavy atom. The summed E-state index contributed by atoms with van der Waals surface area (Å²) in [7, 11) is 0. The smallest absolute Gasteiger partial charge is 0.254 e. The number of fused-ring (bicyclic) bond motifs is 3. The number of nitrogens with one attached hydrogen (secondary N) is 2. The van der Waals surface area contributed by atoms with Crippen molar-refractivity contribution in [2.75, 3.05) is 23.7 Å². The van der Waals surface area contributed by atoms with E-state index in [9.17, 15) is 14.0 Å². The van der Waals surface area contributed by atoms with Crippen molar-refractivity contribution < 1.29 is 14.0 Å². The number of halogens is 1. The molecule has 35 heavy (non-hydrogen) atoms. The van der Waals surface area contributed by atoms with Crippen LogP contribution in [0.2, 0.25) is 0 Å². The molecule has 1 saturated carbocycles. The van der Waals surface area contributed by atoms with E-state index in [1.165, 1.54) is 23.5 Å². The molecule has 3 aromatic rings. The second kappa shape index (κ2) is 8.60. The molecule has 0 radical (unpaired) electrons. The minimum atomic E-state index is -0.509. The maximum absolute atomic E-state index is 14.4. The van der Waals surface area contributed by atoms with E-state index >= 15 is 0 Å². The number of amides is 2. The molecule has 3 aliphatic rings. The fourth-order valence-electron chi connectivity index (χ4n) is 5.60. The maximum Gasteiger partial charge on any atom is 0.254 e. The van der Waals surface area contributed by atoms with E-state index in [-0.39, 0.29) is 41.6 Å². The molecule has 2 bridgehead atoms. The number of hydrogen-bond donors (Lipinski definition) is 3. The quantitative estimate of drug-likeness (QED) is 0.450. The summed E-state index contributed by atoms with van der Waals surface area (Å²) in [5, 5.41) is 8.47. The highest BCUT2D eigenvalue weighted by Crippen LogP contribution is 2.45. The third-order valence-corrected chi connectivity index (χ3v) is 8.10. The molecule has 10 heteroatoms. The third kappa shape index (κ3) is 4.01. The number of allylic oxidation sites excluding steroid dienone is 1. The lowest BCUT2D eigenvalue weighted by atomic mass is 9.88. The van der Waals surface area contributed by atoms with Crippen LogP contribution in [-0.4, -0.2) is 45.8 Å². The zero-order valence-electron chi connectivity index (χ0n) is 18.9. The van der Waals surface area contributed by atoms with Crippen molar-refractivity contribution in [3.63, 3.8) is 0 Å². The maximum atomic E-state index is 14.4. The molecular formula is C25H25FN6O2S. The van der Waals surface area contributed by atoms with Crippen LogP contribution in [0, 0.1) is 23.6 Å². The molecule has 6 rings (SSSR count). The van der Waals surface area contributed by atoms with E-state index in [0.29, 0.717) is 30.2 Å². The monoisotopic (exact) mass is 492 g/mol. The number of aromatic nitrogens is 2. The Balaban J connectivity index is 1.30. The van der Waals surface area contributed by atoms with Gasteiger partial charge in [-0.2, -0.15) is 4.98 Å². The summed E-state index contributed by atoms with van der Waals surface area (Å²) in [6.07, 6.45) is 7.04. The first-order valence-corrected chi connectivity index (χ1v) is 12.7. The van der Waals surface area contributed by atoms with Gasteiger partial charge in [0.05, 0.1) is 16.1 Å². The number of primary amides is 1. The van der Waals surface area contributed by atoms with Crippen molar-refractivity contribution in [3.05, 3.63) is 53.2 Å². The van der Waals surface area contributed by atoms with Crippen LogP contribution in [-0.2, 0) is 4.79 Å². The third-order valence-electron chi connectivity index (χ3n) is 7.19. The highest BCUT2D eigenvalue weighted by Gasteiger charge is 2.47. The van der Waals surface area contributed by atoms with Gasteiger partial charge < -0.3 is 21.3 Å². The van der Waals surface area contributed by atoms with Crippen molar-refractivity contribution in [1.29, 1.82) is 0 Å². The normalized spacial score (nSPS) is 24.9. The highest BCUT2D eigenvalue weighted by molar-refractivity contribution is 7.17. The summed E-state index contributed by atoms with van der Waals surface area (Å²) in [5.74, 6) is -0.0623. The van der Waals surface area contributed by atoms with Crippen LogP contribution in [0.5, 0.6) is 0 Å². The van der Waals surface area contributed by atoms with Crippen molar-refractivity contribution >= 4 is 50.8 Å². The average Bonchev–Trinajstić information content (AvgIpc) is 3.62. The van der Waals surface area contributed by atoms with Crippen LogP contribution in [0.3, 0.4) is 0 Å². The first kappa shape index (κ1) is 22.0. The van der Waals surface area contributed by atoms with Gasteiger partial charge >= 0.3 is 0 Å². The lowest BCUT2D eigenvalue weighted by Gasteiger charge is -2.27. The van der Waals surface area contributed by atoms with E-state index in [1.807, 2.05) is 11.4 Å². The van der Waals surface area contributed by atoms with E-state index in [1.54, 1.807) is 11.0 Å². The number of rotatable bonds is 6. The van der Waals surface area contributed by atoms with Gasteiger partial charge in [0.25, 0.3) is 5.91 Å². The molecule has 8 nitrogen and oxygen atoms in total.